The Hall–Kier alpha value is -7.20. The molecule has 12 rings (SSSR count). The second-order valence-electron chi connectivity index (χ2n) is 26.8. The van der Waals surface area contributed by atoms with Crippen molar-refractivity contribution in [2.75, 3.05) is 5.73 Å². The Balaban J connectivity index is 0.000000255. The van der Waals surface area contributed by atoms with Crippen LogP contribution in [0.5, 0.6) is 0 Å². The maximum atomic E-state index is 12.2. The number of benzene rings is 8. The van der Waals surface area contributed by atoms with Crippen LogP contribution in [0.3, 0.4) is 0 Å². The molecule has 0 amide bonds. The number of fused-ring (bicyclic) bond motifs is 4. The van der Waals surface area contributed by atoms with E-state index in [2.05, 4.69) is 192 Å². The van der Waals surface area contributed by atoms with Crippen molar-refractivity contribution in [2.45, 2.75) is 171 Å². The number of azo groups is 3. The molecule has 0 atom stereocenters. The summed E-state index contributed by atoms with van der Waals surface area (Å²) in [5, 5.41) is 28.8. The molecule has 0 aromatic heterocycles. The fourth-order valence-corrected chi connectivity index (χ4v) is 11.6. The second kappa shape index (κ2) is 35.0. The molecule has 0 heterocycles. The number of nitrogen functional groups attached to an aromatic ring is 1. The van der Waals surface area contributed by atoms with Gasteiger partial charge in [0.2, 0.25) is 0 Å². The van der Waals surface area contributed by atoms with Crippen LogP contribution in [0.1, 0.15) is 198 Å². The summed E-state index contributed by atoms with van der Waals surface area (Å²) in [5.41, 5.74) is 29.5. The molecule has 0 saturated carbocycles. The zero-order valence-electron chi connectivity index (χ0n) is 57.0. The van der Waals surface area contributed by atoms with Crippen LogP contribution in [0.2, 0.25) is 0 Å². The Kier molecular flexibility index (Phi) is 29.5. The standard InChI is InChI=1S/C21H24N2.C20H22N2.C19H20N2O.C12H15NO.C7H7NO.CH4.Ac.H2O.Zn/c1-5-16-12-13-21(3,4)20-11-10-18(14-19(16)20)23-22-17-8-6-15(2)7-9-17;1-14-5-7-16(8-6-14)21-22-17-9-10-19-18(13-17)15(2)11-12-20(19,3)4;1-13-4-6-14(7-5-13)20-21-15-8-9-17-16(12-15)18(22)10-11-19(17,2)3;1-12(2)6-5-11(14)9-7-8(13)3-4-10(9)12;1-6-2-4-7(8-9)5-3-6;;;;/h5-11,14H,12-13H2,1-4H3;5-11,13H,12H2,1-4H3;4-9,12H,10-11H2,1-3H3;3-4,7H,5-6,13H2,1-2H3;2-5H,1H3;1H4;;1H2;. The molecule has 0 bridgehead atoms. The summed E-state index contributed by atoms with van der Waals surface area (Å²) in [6, 6.07) is 55.6. The van der Waals surface area contributed by atoms with Crippen molar-refractivity contribution < 1.29 is 78.6 Å². The summed E-state index contributed by atoms with van der Waals surface area (Å²) in [6.07, 6.45) is 11.1. The zero-order chi connectivity index (χ0) is 65.0. The van der Waals surface area contributed by atoms with Crippen molar-refractivity contribution in [2.24, 2.45) is 35.9 Å². The molecular weight excluding hydrogens is 1430 g/mol. The fraction of sp³-hybridized carbons (Fsp3) is 0.325. The summed E-state index contributed by atoms with van der Waals surface area (Å²) < 4.78 is 0. The smallest absolute Gasteiger partial charge is 0.163 e. The van der Waals surface area contributed by atoms with Crippen LogP contribution in [0.25, 0.3) is 11.1 Å². The Morgan fingerprint density at radius 3 is 1.07 bits per heavy atom. The first kappa shape index (κ1) is 79.2. The van der Waals surface area contributed by atoms with Gasteiger partial charge in [-0.1, -0.05) is 170 Å². The van der Waals surface area contributed by atoms with Gasteiger partial charge in [-0.05, 0) is 242 Å². The van der Waals surface area contributed by atoms with E-state index >= 15 is 0 Å². The van der Waals surface area contributed by atoms with Gasteiger partial charge < -0.3 is 11.2 Å². The summed E-state index contributed by atoms with van der Waals surface area (Å²) in [4.78, 5) is 33.7. The number of nitrogens with two attached hydrogens (primary N) is 1. The average Bonchev–Trinajstić information content (AvgIpc) is 0.810. The number of nitrogens with zero attached hydrogens (tertiary/aromatic N) is 7. The first-order valence-electron chi connectivity index (χ1n) is 31.3. The van der Waals surface area contributed by atoms with Crippen LogP contribution in [0.15, 0.2) is 218 Å². The molecule has 0 fully saturated rings. The van der Waals surface area contributed by atoms with Crippen LogP contribution in [-0.4, -0.2) is 17.0 Å². The molecule has 4 aliphatic carbocycles. The summed E-state index contributed by atoms with van der Waals surface area (Å²) >= 11 is 0. The van der Waals surface area contributed by atoms with Gasteiger partial charge in [-0.25, -0.2) is 0 Å². The number of carbonyl (C=O) groups excluding carboxylic acids is 2. The molecule has 0 saturated heterocycles. The van der Waals surface area contributed by atoms with E-state index in [0.29, 0.717) is 24.2 Å². The van der Waals surface area contributed by atoms with Crippen molar-refractivity contribution in [3.63, 3.8) is 0 Å². The minimum atomic E-state index is 0. The van der Waals surface area contributed by atoms with Gasteiger partial charge in [0.05, 0.1) is 34.1 Å². The molecule has 0 unspecified atom stereocenters. The van der Waals surface area contributed by atoms with Crippen LogP contribution in [0.4, 0.5) is 45.5 Å². The van der Waals surface area contributed by atoms with Crippen molar-refractivity contribution in [1.29, 1.82) is 0 Å². The van der Waals surface area contributed by atoms with Crippen LogP contribution >= 0.6 is 0 Å². The van der Waals surface area contributed by atoms with Crippen LogP contribution in [0, 0.1) is 76.7 Å². The maximum Gasteiger partial charge on any atom is 0.163 e. The monoisotopic (exact) mass is 1520 g/mol. The largest absolute Gasteiger partial charge is 0.412 e. The van der Waals surface area contributed by atoms with Gasteiger partial charge in [-0.15, -0.1) is 4.91 Å². The van der Waals surface area contributed by atoms with Gasteiger partial charge in [0.1, 0.15) is 5.69 Å². The predicted molar refractivity (Wildman–Crippen MR) is 384 cm³/mol. The van der Waals surface area contributed by atoms with Crippen LogP contribution in [-0.2, 0) is 41.1 Å². The maximum absolute atomic E-state index is 12.2. The second-order valence-corrected chi connectivity index (χ2v) is 26.8. The topological polar surface area (TPSA) is 195 Å². The molecule has 12 nitrogen and oxygen atoms in total. The normalized spacial score (nSPS) is 16.0. The van der Waals surface area contributed by atoms with Gasteiger partial charge >= 0.3 is 0 Å². The molecule has 483 valence electrons. The Morgan fingerprint density at radius 1 is 0.394 bits per heavy atom. The number of carbonyl (C=O) groups is 2. The molecule has 14 heteroatoms. The molecule has 8 aromatic rings. The Bertz CT molecular complexity index is 4050. The van der Waals surface area contributed by atoms with Gasteiger partial charge in [0.25, 0.3) is 0 Å². The van der Waals surface area contributed by atoms with E-state index in [1.807, 2.05) is 105 Å². The molecule has 94 heavy (non-hydrogen) atoms. The molecule has 1 radical (unpaired) electrons. The number of aryl methyl sites for hydroxylation is 4. The van der Waals surface area contributed by atoms with Crippen molar-refractivity contribution >= 4 is 68.2 Å². The van der Waals surface area contributed by atoms with E-state index in [1.54, 1.807) is 18.2 Å². The van der Waals surface area contributed by atoms with E-state index in [4.69, 9.17) is 5.73 Å². The first-order valence-corrected chi connectivity index (χ1v) is 31.3. The number of hydrogen-bond donors (Lipinski definition) is 1. The minimum absolute atomic E-state index is 0. The van der Waals surface area contributed by atoms with E-state index in [1.165, 1.54) is 56.5 Å². The molecule has 0 aliphatic heterocycles. The van der Waals surface area contributed by atoms with Crippen molar-refractivity contribution in [1.82, 2.24) is 0 Å². The number of Topliss-reactive ketones (excluding diaryl/α,β-unsaturated/α-hetero) is 2. The zero-order valence-corrected chi connectivity index (χ0v) is 64.7. The van der Waals surface area contributed by atoms with Crippen LogP contribution < -0.4 is 5.73 Å². The predicted octanol–water partition coefficient (Wildman–Crippen LogP) is 23.8. The molecular formula is C80H94AcN8O4Zn. The fourth-order valence-electron chi connectivity index (χ4n) is 11.6. The van der Waals surface area contributed by atoms with Gasteiger partial charge in [0.15, 0.2) is 11.6 Å². The number of ketones is 2. The molecule has 4 N–H and O–H groups in total. The van der Waals surface area contributed by atoms with E-state index in [0.717, 1.165) is 87.6 Å². The average molecular weight is 1520 g/mol. The van der Waals surface area contributed by atoms with Crippen molar-refractivity contribution in [3.8, 4) is 0 Å². The van der Waals surface area contributed by atoms with E-state index < -0.39 is 0 Å². The molecule has 0 spiro atoms. The number of rotatable bonds is 7. The summed E-state index contributed by atoms with van der Waals surface area (Å²) in [7, 11) is 0. The van der Waals surface area contributed by atoms with Gasteiger partial charge in [-0.3, -0.25) is 9.59 Å². The number of allylic oxidation sites excluding steroid dienone is 4. The summed E-state index contributed by atoms with van der Waals surface area (Å²) in [6.45, 7) is 30.4. The number of nitroso groups, excluding NO2 is 1. The minimum Gasteiger partial charge on any atom is -0.412 e. The third kappa shape index (κ3) is 21.2. The third-order valence-electron chi connectivity index (χ3n) is 17.7. The van der Waals surface area contributed by atoms with E-state index in [-0.39, 0.29) is 110 Å². The number of hydrogen-bond acceptors (Lipinski definition) is 11. The number of anilines is 1. The quantitative estimate of drug-likeness (QED) is 0.0718. The van der Waals surface area contributed by atoms with E-state index in [9.17, 15) is 14.5 Å². The Labute approximate surface area is 607 Å². The third-order valence-corrected chi connectivity index (χ3v) is 17.7. The van der Waals surface area contributed by atoms with Crippen molar-refractivity contribution in [3.05, 3.63) is 254 Å². The SMILES string of the molecule is C.CC1(C)CCC(=O)c2cc(N)ccc21.CC1=CCC(C)(C)c2ccc(N=Nc3ccc(C)cc3)cc21.CC=C1CCC(C)(C)c2ccc(N=Nc3ccc(C)cc3)cc21.Cc1ccc(N=Nc2ccc3c(c2)C(=O)CCC3(C)C)cc1.Cc1ccc(N=O)cc1.O.[Ac].[Zn]. The van der Waals surface area contributed by atoms with Gasteiger partial charge in [0, 0.05) is 93.2 Å². The molecule has 4 aliphatic rings. The van der Waals surface area contributed by atoms with Gasteiger partial charge in [-0.2, -0.15) is 30.7 Å². The molecule has 8 aromatic carbocycles. The Morgan fingerprint density at radius 2 is 0.691 bits per heavy atom. The first-order chi connectivity index (χ1) is 42.7. The summed E-state index contributed by atoms with van der Waals surface area (Å²) in [5.74, 6) is 0.438.